The van der Waals surface area contributed by atoms with Crippen LogP contribution in [0.2, 0.25) is 0 Å². The molecule has 17 heavy (non-hydrogen) atoms. The highest BCUT2D eigenvalue weighted by molar-refractivity contribution is 9.10. The average molecular weight is 295 g/mol. The van der Waals surface area contributed by atoms with Crippen molar-refractivity contribution >= 4 is 27.5 Å². The van der Waals surface area contributed by atoms with Crippen LogP contribution in [0.25, 0.3) is 0 Å². The summed E-state index contributed by atoms with van der Waals surface area (Å²) in [6.07, 6.45) is 3.34. The first kappa shape index (κ1) is 11.7. The number of H-pyrrole nitrogens is 1. The number of rotatable bonds is 3. The summed E-state index contributed by atoms with van der Waals surface area (Å²) in [6.45, 7) is 0.345. The highest BCUT2D eigenvalue weighted by Crippen LogP contribution is 2.18. The third-order valence-electron chi connectivity index (χ3n) is 2.23. The molecule has 1 aromatic carbocycles. The third kappa shape index (κ3) is 2.85. The molecule has 0 aliphatic heterocycles. The Morgan fingerprint density at radius 1 is 1.53 bits per heavy atom. The maximum Gasteiger partial charge on any atom is 0.253 e. The minimum Gasteiger partial charge on any atom is -0.398 e. The zero-order valence-corrected chi connectivity index (χ0v) is 10.5. The summed E-state index contributed by atoms with van der Waals surface area (Å²) in [6, 6.07) is 5.16. The minimum absolute atomic E-state index is 0.222. The van der Waals surface area contributed by atoms with Crippen molar-refractivity contribution in [2.75, 3.05) is 5.73 Å². The predicted molar refractivity (Wildman–Crippen MR) is 68.3 cm³/mol. The summed E-state index contributed by atoms with van der Waals surface area (Å²) in [5.74, 6) is 0.479. The van der Waals surface area contributed by atoms with Crippen LogP contribution >= 0.6 is 15.9 Å². The number of halogens is 1. The van der Waals surface area contributed by atoms with Crippen LogP contribution in [-0.2, 0) is 6.54 Å². The zero-order chi connectivity index (χ0) is 12.3. The van der Waals surface area contributed by atoms with E-state index in [2.05, 4.69) is 31.2 Å². The number of hydrogen-bond donors (Lipinski definition) is 3. The molecule has 0 radical (unpaired) electrons. The van der Waals surface area contributed by atoms with Crippen LogP contribution in [0.4, 0.5) is 5.69 Å². The van der Waals surface area contributed by atoms with Crippen LogP contribution in [0, 0.1) is 0 Å². The monoisotopic (exact) mass is 294 g/mol. The summed E-state index contributed by atoms with van der Waals surface area (Å²) >= 11 is 3.30. The first-order valence-electron chi connectivity index (χ1n) is 4.98. The predicted octanol–water partition coefficient (Wildman–Crippen LogP) is 1.68. The standard InChI is InChI=1S/C11H11BrN4O/c12-7-1-2-9(13)8(5-7)11(17)16-6-10-14-3-4-15-10/h1-5H,6,13H2,(H,14,15)(H,16,17). The molecule has 88 valence electrons. The number of benzene rings is 1. The van der Waals surface area contributed by atoms with Crippen LogP contribution < -0.4 is 11.1 Å². The third-order valence-corrected chi connectivity index (χ3v) is 2.72. The Hall–Kier alpha value is -1.82. The summed E-state index contributed by atoms with van der Waals surface area (Å²) in [7, 11) is 0. The van der Waals surface area contributed by atoms with E-state index >= 15 is 0 Å². The molecule has 4 N–H and O–H groups in total. The number of nitrogen functional groups attached to an aromatic ring is 1. The second kappa shape index (κ2) is 5.01. The molecule has 5 nitrogen and oxygen atoms in total. The lowest BCUT2D eigenvalue weighted by Gasteiger charge is -2.06. The number of aromatic nitrogens is 2. The van der Waals surface area contributed by atoms with Gasteiger partial charge in [-0.25, -0.2) is 4.98 Å². The molecule has 0 aliphatic rings. The van der Waals surface area contributed by atoms with Gasteiger partial charge in [-0.1, -0.05) is 15.9 Å². The van der Waals surface area contributed by atoms with Crippen molar-refractivity contribution in [1.29, 1.82) is 0 Å². The van der Waals surface area contributed by atoms with E-state index in [0.29, 0.717) is 23.6 Å². The Bertz CT molecular complexity index is 524. The molecule has 0 unspecified atom stereocenters. The second-order valence-electron chi connectivity index (χ2n) is 3.45. The molecule has 1 heterocycles. The Kier molecular flexibility index (Phi) is 3.43. The van der Waals surface area contributed by atoms with E-state index in [1.807, 2.05) is 0 Å². The first-order valence-corrected chi connectivity index (χ1v) is 5.77. The van der Waals surface area contributed by atoms with Crippen LogP contribution in [-0.4, -0.2) is 15.9 Å². The van der Waals surface area contributed by atoms with Crippen LogP contribution in [0.1, 0.15) is 16.2 Å². The second-order valence-corrected chi connectivity index (χ2v) is 4.37. The molecule has 0 bridgehead atoms. The molecule has 1 amide bonds. The maximum absolute atomic E-state index is 11.9. The van der Waals surface area contributed by atoms with E-state index in [1.54, 1.807) is 30.6 Å². The molecule has 2 rings (SSSR count). The van der Waals surface area contributed by atoms with Crippen molar-refractivity contribution in [3.05, 3.63) is 46.5 Å². The zero-order valence-electron chi connectivity index (χ0n) is 8.90. The van der Waals surface area contributed by atoms with E-state index in [0.717, 1.165) is 4.47 Å². The largest absolute Gasteiger partial charge is 0.398 e. The number of carbonyl (C=O) groups excluding carboxylic acids is 1. The summed E-state index contributed by atoms with van der Waals surface area (Å²) < 4.78 is 0.815. The van der Waals surface area contributed by atoms with Crippen molar-refractivity contribution in [1.82, 2.24) is 15.3 Å². The molecule has 1 aromatic heterocycles. The SMILES string of the molecule is Nc1ccc(Br)cc1C(=O)NCc1ncc[nH]1. The quantitative estimate of drug-likeness (QED) is 0.753. The van der Waals surface area contributed by atoms with Gasteiger partial charge in [0.15, 0.2) is 0 Å². The van der Waals surface area contributed by atoms with Gasteiger partial charge in [0.25, 0.3) is 5.91 Å². The lowest BCUT2D eigenvalue weighted by atomic mass is 10.1. The molecule has 0 atom stereocenters. The Labute approximate surface area is 107 Å². The number of nitrogens with two attached hydrogens (primary N) is 1. The fourth-order valence-electron chi connectivity index (χ4n) is 1.38. The summed E-state index contributed by atoms with van der Waals surface area (Å²) in [5, 5.41) is 2.74. The van der Waals surface area contributed by atoms with Crippen LogP contribution in [0.5, 0.6) is 0 Å². The van der Waals surface area contributed by atoms with Crippen molar-refractivity contribution in [3.63, 3.8) is 0 Å². The highest BCUT2D eigenvalue weighted by Gasteiger charge is 2.10. The normalized spacial score (nSPS) is 10.2. The average Bonchev–Trinajstić information content (AvgIpc) is 2.82. The van der Waals surface area contributed by atoms with E-state index in [-0.39, 0.29) is 5.91 Å². The van der Waals surface area contributed by atoms with Crippen molar-refractivity contribution < 1.29 is 4.79 Å². The van der Waals surface area contributed by atoms with Gasteiger partial charge in [0, 0.05) is 22.6 Å². The number of anilines is 1. The van der Waals surface area contributed by atoms with Gasteiger partial charge in [-0.05, 0) is 18.2 Å². The highest BCUT2D eigenvalue weighted by atomic mass is 79.9. The van der Waals surface area contributed by atoms with E-state index < -0.39 is 0 Å². The van der Waals surface area contributed by atoms with E-state index in [1.165, 1.54) is 0 Å². The lowest BCUT2D eigenvalue weighted by molar-refractivity contribution is 0.0951. The van der Waals surface area contributed by atoms with Crippen molar-refractivity contribution in [3.8, 4) is 0 Å². The van der Waals surface area contributed by atoms with Gasteiger partial charge in [0.2, 0.25) is 0 Å². The Morgan fingerprint density at radius 2 is 2.35 bits per heavy atom. The van der Waals surface area contributed by atoms with E-state index in [4.69, 9.17) is 5.73 Å². The van der Waals surface area contributed by atoms with Gasteiger partial charge in [0.1, 0.15) is 5.82 Å². The molecule has 2 aromatic rings. The fraction of sp³-hybridized carbons (Fsp3) is 0.0909. The molecule has 6 heteroatoms. The van der Waals surface area contributed by atoms with Gasteiger partial charge in [-0.3, -0.25) is 4.79 Å². The van der Waals surface area contributed by atoms with Gasteiger partial charge in [0.05, 0.1) is 12.1 Å². The number of imidazole rings is 1. The molecule has 0 aliphatic carbocycles. The maximum atomic E-state index is 11.9. The number of hydrogen-bond acceptors (Lipinski definition) is 3. The lowest BCUT2D eigenvalue weighted by Crippen LogP contribution is -2.24. The smallest absolute Gasteiger partial charge is 0.253 e. The summed E-state index contributed by atoms with van der Waals surface area (Å²) in [5.41, 5.74) is 6.63. The molecule has 0 spiro atoms. The number of amides is 1. The number of carbonyl (C=O) groups is 1. The van der Waals surface area contributed by atoms with Crippen molar-refractivity contribution in [2.24, 2.45) is 0 Å². The molecular formula is C11H11BrN4O. The van der Waals surface area contributed by atoms with Gasteiger partial charge in [-0.2, -0.15) is 0 Å². The Morgan fingerprint density at radius 3 is 3.06 bits per heavy atom. The van der Waals surface area contributed by atoms with Crippen LogP contribution in [0.3, 0.4) is 0 Å². The molecule has 0 fully saturated rings. The topological polar surface area (TPSA) is 83.8 Å². The summed E-state index contributed by atoms with van der Waals surface area (Å²) in [4.78, 5) is 18.8. The first-order chi connectivity index (χ1) is 8.16. The van der Waals surface area contributed by atoms with Gasteiger partial charge >= 0.3 is 0 Å². The number of nitrogens with zero attached hydrogens (tertiary/aromatic N) is 1. The van der Waals surface area contributed by atoms with E-state index in [9.17, 15) is 4.79 Å². The number of nitrogens with one attached hydrogen (secondary N) is 2. The number of aromatic amines is 1. The van der Waals surface area contributed by atoms with Gasteiger partial charge < -0.3 is 16.0 Å². The molecule has 0 saturated heterocycles. The van der Waals surface area contributed by atoms with Crippen LogP contribution in [0.15, 0.2) is 35.1 Å². The van der Waals surface area contributed by atoms with Gasteiger partial charge in [-0.15, -0.1) is 0 Å². The van der Waals surface area contributed by atoms with Crippen molar-refractivity contribution in [2.45, 2.75) is 6.54 Å². The fourth-order valence-corrected chi connectivity index (χ4v) is 1.74. The Balaban J connectivity index is 2.07. The minimum atomic E-state index is -0.222. The molecule has 0 saturated carbocycles. The molecular weight excluding hydrogens is 284 g/mol.